The molecule has 3 aromatic carbocycles. The fourth-order valence-electron chi connectivity index (χ4n) is 4.98. The van der Waals surface area contributed by atoms with Crippen molar-refractivity contribution in [2.24, 2.45) is 0 Å². The molecule has 3 N–H and O–H groups in total. The topological polar surface area (TPSA) is 121 Å². The van der Waals surface area contributed by atoms with Crippen LogP contribution in [0.5, 0.6) is 0 Å². The number of aromatic amines is 1. The second-order valence-corrected chi connectivity index (χ2v) is 8.98. The van der Waals surface area contributed by atoms with Gasteiger partial charge in [0.2, 0.25) is 5.43 Å². The zero-order chi connectivity index (χ0) is 24.7. The van der Waals surface area contributed by atoms with E-state index in [1.54, 1.807) is 18.3 Å². The molecule has 8 heteroatoms. The third kappa shape index (κ3) is 3.54. The summed E-state index contributed by atoms with van der Waals surface area (Å²) >= 11 is 0. The first kappa shape index (κ1) is 21.8. The number of rotatable bonds is 5. The summed E-state index contributed by atoms with van der Waals surface area (Å²) in [6, 6.07) is 22.4. The lowest BCUT2D eigenvalue weighted by molar-refractivity contribution is 0.144. The molecule has 5 aromatic rings. The number of benzene rings is 3. The lowest BCUT2D eigenvalue weighted by Gasteiger charge is -2.42. The summed E-state index contributed by atoms with van der Waals surface area (Å²) in [5.74, 6) is 0.457. The Morgan fingerprint density at radius 1 is 0.972 bits per heavy atom. The van der Waals surface area contributed by atoms with E-state index in [-0.39, 0.29) is 5.43 Å². The fraction of sp³-hybridized carbons (Fsp3) is 0.143. The molecule has 0 spiro atoms. The normalized spacial score (nSPS) is 14.3. The zero-order valence-corrected chi connectivity index (χ0v) is 19.2. The van der Waals surface area contributed by atoms with E-state index in [4.69, 9.17) is 4.42 Å². The van der Waals surface area contributed by atoms with E-state index in [0.29, 0.717) is 39.1 Å². The summed E-state index contributed by atoms with van der Waals surface area (Å²) in [4.78, 5) is 25.3. The third-order valence-electron chi connectivity index (χ3n) is 6.92. The number of carboxylic acid groups (broad SMARTS) is 1. The van der Waals surface area contributed by atoms with Gasteiger partial charge >= 0.3 is 6.09 Å². The summed E-state index contributed by atoms with van der Waals surface area (Å²) in [7, 11) is 0. The molecule has 178 valence electrons. The SMILES string of the molecule is O=C(O)NC1(c2ccc(-c3c(-c4ccccc4)oc4c(-c5cn[nH]n5)cccc4c3=O)cc2)CCC1. The van der Waals surface area contributed by atoms with Crippen LogP contribution in [0.3, 0.4) is 0 Å². The first-order chi connectivity index (χ1) is 17.6. The van der Waals surface area contributed by atoms with Crippen molar-refractivity contribution >= 4 is 17.1 Å². The molecule has 2 aromatic heterocycles. The molecule has 0 bridgehead atoms. The highest BCUT2D eigenvalue weighted by molar-refractivity contribution is 5.96. The van der Waals surface area contributed by atoms with Gasteiger partial charge in [0.15, 0.2) is 0 Å². The molecule has 1 fully saturated rings. The van der Waals surface area contributed by atoms with Crippen LogP contribution in [-0.4, -0.2) is 26.6 Å². The predicted octanol–water partition coefficient (Wildman–Crippen LogP) is 5.56. The Bertz CT molecular complexity index is 1620. The molecule has 1 aliphatic rings. The smallest absolute Gasteiger partial charge is 0.405 e. The van der Waals surface area contributed by atoms with Gasteiger partial charge in [-0.25, -0.2) is 4.79 Å². The Hall–Kier alpha value is -4.72. The van der Waals surface area contributed by atoms with Crippen LogP contribution in [0.1, 0.15) is 24.8 Å². The van der Waals surface area contributed by atoms with Crippen LogP contribution in [0.25, 0.3) is 44.7 Å². The number of nitrogens with one attached hydrogen (secondary N) is 2. The van der Waals surface area contributed by atoms with Crippen LogP contribution >= 0.6 is 0 Å². The molecule has 0 unspecified atom stereocenters. The second kappa shape index (κ2) is 8.49. The summed E-state index contributed by atoms with van der Waals surface area (Å²) < 4.78 is 6.48. The van der Waals surface area contributed by atoms with Gasteiger partial charge in [-0.05, 0) is 42.5 Å². The lowest BCUT2D eigenvalue weighted by Crippen LogP contribution is -2.50. The maximum atomic E-state index is 13.9. The highest BCUT2D eigenvalue weighted by Gasteiger charge is 2.40. The van der Waals surface area contributed by atoms with Gasteiger partial charge in [-0.1, -0.05) is 60.7 Å². The predicted molar refractivity (Wildman–Crippen MR) is 135 cm³/mol. The Morgan fingerprint density at radius 3 is 2.39 bits per heavy atom. The van der Waals surface area contributed by atoms with Gasteiger partial charge in [-0.2, -0.15) is 15.4 Å². The highest BCUT2D eigenvalue weighted by atomic mass is 16.4. The molecule has 8 nitrogen and oxygen atoms in total. The van der Waals surface area contributed by atoms with E-state index in [9.17, 15) is 14.7 Å². The number of amides is 1. The van der Waals surface area contributed by atoms with Crippen molar-refractivity contribution in [3.05, 3.63) is 94.8 Å². The van der Waals surface area contributed by atoms with E-state index in [1.165, 1.54) is 0 Å². The van der Waals surface area contributed by atoms with Gasteiger partial charge in [0.05, 0.1) is 22.7 Å². The first-order valence-corrected chi connectivity index (χ1v) is 11.7. The number of carbonyl (C=O) groups is 1. The van der Waals surface area contributed by atoms with E-state index in [1.807, 2.05) is 60.7 Å². The van der Waals surface area contributed by atoms with Crippen molar-refractivity contribution in [3.63, 3.8) is 0 Å². The average molecular weight is 479 g/mol. The van der Waals surface area contributed by atoms with E-state index >= 15 is 0 Å². The standard InChI is InChI=1S/C28H22N4O4/c33-24-21-9-4-8-20(22-16-29-32-31-22)26(21)36-25(18-6-2-1-3-7-18)23(24)17-10-12-19(13-11-17)28(14-5-15-28)30-27(34)35/h1-4,6-13,16,30H,5,14-15H2,(H,34,35)(H,29,31,32). The minimum Gasteiger partial charge on any atom is -0.465 e. The van der Waals surface area contributed by atoms with Crippen molar-refractivity contribution in [1.29, 1.82) is 0 Å². The largest absolute Gasteiger partial charge is 0.465 e. The Balaban J connectivity index is 1.56. The van der Waals surface area contributed by atoms with Crippen LogP contribution in [-0.2, 0) is 5.54 Å². The Morgan fingerprint density at radius 2 is 1.75 bits per heavy atom. The highest BCUT2D eigenvalue weighted by Crippen LogP contribution is 2.42. The minimum absolute atomic E-state index is 0.157. The van der Waals surface area contributed by atoms with Crippen LogP contribution in [0.2, 0.25) is 0 Å². The van der Waals surface area contributed by atoms with Gasteiger partial charge in [0.1, 0.15) is 17.0 Å². The minimum atomic E-state index is -1.04. The summed E-state index contributed by atoms with van der Waals surface area (Å²) in [6.45, 7) is 0. The van der Waals surface area contributed by atoms with Crippen LogP contribution < -0.4 is 10.7 Å². The molecule has 0 aliphatic heterocycles. The number of hydrogen-bond acceptors (Lipinski definition) is 5. The van der Waals surface area contributed by atoms with E-state index < -0.39 is 11.6 Å². The summed E-state index contributed by atoms with van der Waals surface area (Å²) in [5.41, 5.74) is 3.77. The second-order valence-electron chi connectivity index (χ2n) is 8.98. The quantitative estimate of drug-likeness (QED) is 0.304. The van der Waals surface area contributed by atoms with Crippen LogP contribution in [0, 0.1) is 0 Å². The Labute approximate surface area is 205 Å². The van der Waals surface area contributed by atoms with Crippen molar-refractivity contribution in [2.45, 2.75) is 24.8 Å². The summed E-state index contributed by atoms with van der Waals surface area (Å²) in [5, 5.41) is 23.1. The Kier molecular flexibility index (Phi) is 5.14. The van der Waals surface area contributed by atoms with Gasteiger partial charge in [0, 0.05) is 11.1 Å². The van der Waals surface area contributed by atoms with Crippen molar-refractivity contribution in [3.8, 4) is 33.7 Å². The van der Waals surface area contributed by atoms with Gasteiger partial charge in [-0.15, -0.1) is 0 Å². The molecule has 0 saturated heterocycles. The van der Waals surface area contributed by atoms with Crippen LogP contribution in [0.4, 0.5) is 4.79 Å². The number of fused-ring (bicyclic) bond motifs is 1. The maximum Gasteiger partial charge on any atom is 0.405 e. The van der Waals surface area contributed by atoms with Crippen molar-refractivity contribution < 1.29 is 14.3 Å². The monoisotopic (exact) mass is 478 g/mol. The molecule has 1 amide bonds. The number of para-hydroxylation sites is 1. The molecule has 0 atom stereocenters. The number of nitrogens with zero attached hydrogens (tertiary/aromatic N) is 2. The molecule has 2 heterocycles. The number of aromatic nitrogens is 3. The molecular formula is C28H22N4O4. The average Bonchev–Trinajstić information content (AvgIpc) is 3.41. The molecule has 1 saturated carbocycles. The molecule has 36 heavy (non-hydrogen) atoms. The molecule has 6 rings (SSSR count). The number of H-pyrrole nitrogens is 1. The van der Waals surface area contributed by atoms with E-state index in [0.717, 1.165) is 30.4 Å². The van der Waals surface area contributed by atoms with Gasteiger partial charge in [-0.3, -0.25) is 4.79 Å². The molecular weight excluding hydrogens is 456 g/mol. The number of hydrogen-bond donors (Lipinski definition) is 3. The van der Waals surface area contributed by atoms with Gasteiger partial charge < -0.3 is 14.8 Å². The van der Waals surface area contributed by atoms with Gasteiger partial charge in [0.25, 0.3) is 0 Å². The van der Waals surface area contributed by atoms with Crippen molar-refractivity contribution in [1.82, 2.24) is 20.7 Å². The molecule has 0 radical (unpaired) electrons. The third-order valence-corrected chi connectivity index (χ3v) is 6.92. The fourth-order valence-corrected chi connectivity index (χ4v) is 4.98. The first-order valence-electron chi connectivity index (χ1n) is 11.7. The zero-order valence-electron chi connectivity index (χ0n) is 19.2. The summed E-state index contributed by atoms with van der Waals surface area (Å²) in [6.07, 6.45) is 3.00. The van der Waals surface area contributed by atoms with Crippen molar-refractivity contribution in [2.75, 3.05) is 0 Å². The lowest BCUT2D eigenvalue weighted by atomic mass is 9.71. The van der Waals surface area contributed by atoms with E-state index in [2.05, 4.69) is 20.7 Å². The molecule has 1 aliphatic carbocycles. The maximum absolute atomic E-state index is 13.9. The van der Waals surface area contributed by atoms with Crippen LogP contribution in [0.15, 0.2) is 88.2 Å².